The van der Waals surface area contributed by atoms with Gasteiger partial charge in [-0.15, -0.1) is 0 Å². The number of aryl methyl sites for hydroxylation is 1. The van der Waals surface area contributed by atoms with E-state index in [0.29, 0.717) is 10.6 Å². The van der Waals surface area contributed by atoms with Crippen LogP contribution >= 0.6 is 11.6 Å². The van der Waals surface area contributed by atoms with Gasteiger partial charge in [-0.25, -0.2) is 0 Å². The van der Waals surface area contributed by atoms with E-state index >= 15 is 0 Å². The van der Waals surface area contributed by atoms with Crippen molar-refractivity contribution in [1.29, 1.82) is 0 Å². The first kappa shape index (κ1) is 14.4. The van der Waals surface area contributed by atoms with Crippen LogP contribution in [0.1, 0.15) is 11.1 Å². The Bertz CT molecular complexity index is 752. The zero-order valence-corrected chi connectivity index (χ0v) is 12.2. The van der Waals surface area contributed by atoms with Gasteiger partial charge in [-0.2, -0.15) is 8.42 Å². The molecule has 2 aromatic rings. The number of halogens is 1. The predicted molar refractivity (Wildman–Crippen MR) is 79.1 cm³/mol. The summed E-state index contributed by atoms with van der Waals surface area (Å²) in [6, 6.07) is 13.2. The fourth-order valence-electron chi connectivity index (χ4n) is 1.40. The molecule has 0 fully saturated rings. The van der Waals surface area contributed by atoms with E-state index in [4.69, 9.17) is 15.8 Å². The average Bonchev–Trinajstić information content (AvgIpc) is 2.41. The van der Waals surface area contributed by atoms with Crippen LogP contribution in [0.4, 0.5) is 0 Å². The van der Waals surface area contributed by atoms with Crippen LogP contribution in [-0.2, 0) is 10.1 Å². The molecule has 2 rings (SSSR count). The smallest absolute Gasteiger partial charge is 0.373 e. The van der Waals surface area contributed by atoms with E-state index in [1.165, 1.54) is 0 Å². The topological polar surface area (TPSA) is 43.4 Å². The van der Waals surface area contributed by atoms with Crippen LogP contribution < -0.4 is 4.18 Å². The Labute approximate surface area is 123 Å². The third-order valence-corrected chi connectivity index (χ3v) is 3.41. The fourth-order valence-corrected chi connectivity index (χ4v) is 2.17. The highest BCUT2D eigenvalue weighted by molar-refractivity contribution is 7.91. The van der Waals surface area contributed by atoms with Crippen molar-refractivity contribution in [3.8, 4) is 16.9 Å². The van der Waals surface area contributed by atoms with E-state index < -0.39 is 10.1 Å². The number of hydrogen-bond acceptors (Lipinski definition) is 3. The number of benzene rings is 2. The Hall–Kier alpha value is -1.96. The van der Waals surface area contributed by atoms with Crippen molar-refractivity contribution >= 4 is 21.7 Å². The molecule has 102 valence electrons. The fraction of sp³-hybridized carbons (Fsp3) is 0.0667. The van der Waals surface area contributed by atoms with Crippen molar-refractivity contribution in [2.75, 3.05) is 0 Å². The summed E-state index contributed by atoms with van der Waals surface area (Å²) in [5.41, 5.74) is 1.56. The Kier molecular flexibility index (Phi) is 4.33. The number of rotatable bonds is 2. The number of hydrogen-bond donors (Lipinski definition) is 0. The zero-order valence-electron chi connectivity index (χ0n) is 10.6. The molecular formula is C15H11ClO3S. The predicted octanol–water partition coefficient (Wildman–Crippen LogP) is 3.37. The highest BCUT2D eigenvalue weighted by Crippen LogP contribution is 2.14. The summed E-state index contributed by atoms with van der Waals surface area (Å²) in [6.07, 6.45) is 0. The highest BCUT2D eigenvalue weighted by atomic mass is 35.5. The summed E-state index contributed by atoms with van der Waals surface area (Å²) in [5, 5.41) is 2.68. The van der Waals surface area contributed by atoms with E-state index in [2.05, 4.69) is 11.2 Å². The van der Waals surface area contributed by atoms with Crippen LogP contribution in [-0.4, -0.2) is 8.42 Å². The van der Waals surface area contributed by atoms with Gasteiger partial charge in [-0.05, 0) is 49.2 Å². The standard InChI is InChI=1S/C15H11ClO3S/c1-12-2-8-15(9-3-12)19-20(17,18)11-10-13-4-6-14(16)7-5-13/h2-9H,1H3. The van der Waals surface area contributed by atoms with E-state index in [1.54, 1.807) is 48.5 Å². The van der Waals surface area contributed by atoms with Gasteiger partial charge in [0.25, 0.3) is 0 Å². The van der Waals surface area contributed by atoms with Crippen LogP contribution in [0.15, 0.2) is 48.5 Å². The monoisotopic (exact) mass is 306 g/mol. The molecule has 0 amide bonds. The van der Waals surface area contributed by atoms with E-state index in [0.717, 1.165) is 5.56 Å². The summed E-state index contributed by atoms with van der Waals surface area (Å²) >= 11 is 5.73. The van der Waals surface area contributed by atoms with Crippen LogP contribution in [0.25, 0.3) is 0 Å². The van der Waals surface area contributed by atoms with Gasteiger partial charge in [0.15, 0.2) is 0 Å². The summed E-state index contributed by atoms with van der Waals surface area (Å²) in [4.78, 5) is 0. The molecule has 2 aromatic carbocycles. The van der Waals surface area contributed by atoms with Gasteiger partial charge in [0.2, 0.25) is 0 Å². The third kappa shape index (κ3) is 4.30. The zero-order chi connectivity index (χ0) is 14.6. The molecular weight excluding hydrogens is 296 g/mol. The Balaban J connectivity index is 2.16. The van der Waals surface area contributed by atoms with Gasteiger partial charge < -0.3 is 4.18 Å². The van der Waals surface area contributed by atoms with Crippen LogP contribution in [0, 0.1) is 18.1 Å². The molecule has 3 nitrogen and oxygen atoms in total. The lowest BCUT2D eigenvalue weighted by Crippen LogP contribution is -2.05. The van der Waals surface area contributed by atoms with E-state index in [-0.39, 0.29) is 5.75 Å². The molecule has 0 saturated carbocycles. The van der Waals surface area contributed by atoms with Crippen molar-refractivity contribution in [3.63, 3.8) is 0 Å². The first-order valence-electron chi connectivity index (χ1n) is 5.74. The van der Waals surface area contributed by atoms with Crippen LogP contribution in [0.2, 0.25) is 5.02 Å². The maximum absolute atomic E-state index is 11.7. The molecule has 0 heterocycles. The molecule has 0 saturated heterocycles. The maximum Gasteiger partial charge on any atom is 0.382 e. The van der Waals surface area contributed by atoms with Crippen molar-refractivity contribution < 1.29 is 12.6 Å². The van der Waals surface area contributed by atoms with Gasteiger partial charge >= 0.3 is 10.1 Å². The second-order valence-corrected chi connectivity index (χ2v) is 5.80. The summed E-state index contributed by atoms with van der Waals surface area (Å²) in [7, 11) is -3.95. The van der Waals surface area contributed by atoms with Gasteiger partial charge in [0.1, 0.15) is 5.75 Å². The maximum atomic E-state index is 11.7. The molecule has 0 N–H and O–H groups in total. The Morgan fingerprint density at radius 3 is 2.20 bits per heavy atom. The van der Waals surface area contributed by atoms with Crippen molar-refractivity contribution in [1.82, 2.24) is 0 Å². The Morgan fingerprint density at radius 1 is 1.00 bits per heavy atom. The van der Waals surface area contributed by atoms with Gasteiger partial charge in [-0.3, -0.25) is 0 Å². The molecule has 5 heteroatoms. The first-order valence-corrected chi connectivity index (χ1v) is 7.53. The first-order chi connectivity index (χ1) is 9.44. The van der Waals surface area contributed by atoms with Crippen molar-refractivity contribution in [2.24, 2.45) is 0 Å². The third-order valence-electron chi connectivity index (χ3n) is 2.39. The minimum atomic E-state index is -3.95. The molecule has 0 aromatic heterocycles. The minimum absolute atomic E-state index is 0.237. The molecule has 0 spiro atoms. The van der Waals surface area contributed by atoms with Gasteiger partial charge in [0.05, 0.1) is 5.25 Å². The highest BCUT2D eigenvalue weighted by Gasteiger charge is 2.08. The molecule has 0 bridgehead atoms. The molecule has 0 radical (unpaired) electrons. The molecule has 0 aliphatic rings. The van der Waals surface area contributed by atoms with Gasteiger partial charge in [-0.1, -0.05) is 29.3 Å². The van der Waals surface area contributed by atoms with Crippen LogP contribution in [0.5, 0.6) is 5.75 Å². The molecule has 0 unspecified atom stereocenters. The van der Waals surface area contributed by atoms with E-state index in [9.17, 15) is 8.42 Å². The van der Waals surface area contributed by atoms with Crippen molar-refractivity contribution in [2.45, 2.75) is 6.92 Å². The second kappa shape index (κ2) is 6.00. The molecule has 20 heavy (non-hydrogen) atoms. The molecule has 0 atom stereocenters. The average molecular weight is 307 g/mol. The largest absolute Gasteiger partial charge is 0.382 e. The van der Waals surface area contributed by atoms with Crippen molar-refractivity contribution in [3.05, 3.63) is 64.7 Å². The summed E-state index contributed by atoms with van der Waals surface area (Å²) in [5.74, 6) is 2.76. The lowest BCUT2D eigenvalue weighted by molar-refractivity contribution is 0.498. The lowest BCUT2D eigenvalue weighted by Gasteiger charge is -2.01. The molecule has 0 aliphatic heterocycles. The normalized spacial score (nSPS) is 10.5. The quantitative estimate of drug-likeness (QED) is 0.631. The Morgan fingerprint density at radius 2 is 1.60 bits per heavy atom. The second-order valence-electron chi connectivity index (χ2n) is 4.08. The van der Waals surface area contributed by atoms with E-state index in [1.807, 2.05) is 6.92 Å². The lowest BCUT2D eigenvalue weighted by atomic mass is 10.2. The summed E-state index contributed by atoms with van der Waals surface area (Å²) in [6.45, 7) is 1.90. The minimum Gasteiger partial charge on any atom is -0.373 e. The summed E-state index contributed by atoms with van der Waals surface area (Å²) < 4.78 is 28.3. The van der Waals surface area contributed by atoms with Crippen LogP contribution in [0.3, 0.4) is 0 Å². The van der Waals surface area contributed by atoms with Gasteiger partial charge in [0, 0.05) is 10.6 Å². The molecule has 0 aliphatic carbocycles. The SMILES string of the molecule is Cc1ccc(OS(=O)(=O)C#Cc2ccc(Cl)cc2)cc1.